The second-order valence-electron chi connectivity index (χ2n) is 7.10. The highest BCUT2D eigenvalue weighted by Crippen LogP contribution is 2.32. The Bertz CT molecular complexity index is 753. The van der Waals surface area contributed by atoms with Crippen LogP contribution in [0.5, 0.6) is 5.75 Å². The molecule has 4 heterocycles. The monoisotopic (exact) mass is 340 g/mol. The van der Waals surface area contributed by atoms with Gasteiger partial charge in [-0.05, 0) is 68.6 Å². The summed E-state index contributed by atoms with van der Waals surface area (Å²) < 4.78 is 10.9. The predicted octanol–water partition coefficient (Wildman–Crippen LogP) is 3.17. The third kappa shape index (κ3) is 3.16. The lowest BCUT2D eigenvalue weighted by molar-refractivity contribution is 0.0269. The number of carbonyl (C=O) groups excluding carboxylic acids is 1. The zero-order chi connectivity index (χ0) is 17.4. The van der Waals surface area contributed by atoms with Gasteiger partial charge in [-0.2, -0.15) is 0 Å². The van der Waals surface area contributed by atoms with Crippen molar-refractivity contribution in [2.24, 2.45) is 5.92 Å². The van der Waals surface area contributed by atoms with E-state index < -0.39 is 0 Å². The number of benzene rings is 1. The largest absolute Gasteiger partial charge is 0.497 e. The number of hydrogen-bond acceptors (Lipinski definition) is 4. The first-order valence-electron chi connectivity index (χ1n) is 8.93. The molecule has 3 unspecified atom stereocenters. The average molecular weight is 340 g/mol. The fourth-order valence-electron chi connectivity index (χ4n) is 4.07. The van der Waals surface area contributed by atoms with Crippen LogP contribution in [-0.2, 0) is 0 Å². The summed E-state index contributed by atoms with van der Waals surface area (Å²) in [5.41, 5.74) is 0.927. The number of fused-ring (bicyclic) bond motifs is 3. The standard InChI is InChI=1S/C20H24N2O3/c1-13-11-15-9-10-22(13)12-17(15)21-20(23)19-8-7-18(25-19)14-3-5-16(24-2)6-4-14/h3-8,13,15,17H,9-12H2,1-2H3,(H,21,23)/t13?,15?,17-/m0/s1. The summed E-state index contributed by atoms with van der Waals surface area (Å²) in [5, 5.41) is 3.18. The Morgan fingerprint density at radius 3 is 2.68 bits per heavy atom. The van der Waals surface area contributed by atoms with Crippen molar-refractivity contribution in [1.82, 2.24) is 10.2 Å². The molecule has 3 saturated heterocycles. The molecule has 25 heavy (non-hydrogen) atoms. The molecule has 1 N–H and O–H groups in total. The molecular weight excluding hydrogens is 316 g/mol. The molecule has 1 aromatic heterocycles. The fourth-order valence-corrected chi connectivity index (χ4v) is 4.07. The van der Waals surface area contributed by atoms with Crippen molar-refractivity contribution in [3.63, 3.8) is 0 Å². The molecule has 5 heteroatoms. The highest BCUT2D eigenvalue weighted by atomic mass is 16.5. The number of nitrogens with one attached hydrogen (secondary N) is 1. The number of amides is 1. The molecule has 4 atom stereocenters. The van der Waals surface area contributed by atoms with Gasteiger partial charge in [-0.15, -0.1) is 0 Å². The van der Waals surface area contributed by atoms with Gasteiger partial charge in [0.2, 0.25) is 0 Å². The summed E-state index contributed by atoms with van der Waals surface area (Å²) in [6.45, 7) is 4.38. The molecule has 3 aliphatic heterocycles. The van der Waals surface area contributed by atoms with Crippen molar-refractivity contribution in [2.75, 3.05) is 20.2 Å². The Balaban J connectivity index is 1.44. The van der Waals surface area contributed by atoms with Crippen molar-refractivity contribution < 1.29 is 13.9 Å². The van der Waals surface area contributed by atoms with Crippen molar-refractivity contribution in [1.29, 1.82) is 0 Å². The first kappa shape index (κ1) is 16.2. The molecule has 0 saturated carbocycles. The zero-order valence-corrected chi connectivity index (χ0v) is 14.7. The van der Waals surface area contributed by atoms with Gasteiger partial charge in [-0.25, -0.2) is 0 Å². The van der Waals surface area contributed by atoms with E-state index in [0.29, 0.717) is 23.5 Å². The second kappa shape index (κ2) is 6.56. The molecule has 0 aliphatic carbocycles. The van der Waals surface area contributed by atoms with E-state index in [9.17, 15) is 4.79 Å². The van der Waals surface area contributed by atoms with E-state index in [4.69, 9.17) is 9.15 Å². The number of ether oxygens (including phenoxy) is 1. The minimum atomic E-state index is -0.119. The molecule has 0 spiro atoms. The first-order chi connectivity index (χ1) is 12.1. The van der Waals surface area contributed by atoms with E-state index in [0.717, 1.165) is 24.4 Å². The molecule has 3 aliphatic rings. The van der Waals surface area contributed by atoms with Gasteiger partial charge in [-0.3, -0.25) is 9.69 Å². The predicted molar refractivity (Wildman–Crippen MR) is 95.7 cm³/mol. The van der Waals surface area contributed by atoms with E-state index in [-0.39, 0.29) is 11.9 Å². The number of methoxy groups -OCH3 is 1. The van der Waals surface area contributed by atoms with Gasteiger partial charge in [0.05, 0.1) is 7.11 Å². The second-order valence-corrected chi connectivity index (χ2v) is 7.10. The molecule has 2 bridgehead atoms. The first-order valence-corrected chi connectivity index (χ1v) is 8.93. The Hall–Kier alpha value is -2.27. The lowest BCUT2D eigenvalue weighted by Crippen LogP contribution is -2.60. The van der Waals surface area contributed by atoms with Crippen LogP contribution in [0.15, 0.2) is 40.8 Å². The summed E-state index contributed by atoms with van der Waals surface area (Å²) >= 11 is 0. The normalized spacial score (nSPS) is 27.9. The van der Waals surface area contributed by atoms with Crippen LogP contribution in [-0.4, -0.2) is 43.1 Å². The van der Waals surface area contributed by atoms with Crippen molar-refractivity contribution in [2.45, 2.75) is 31.8 Å². The van der Waals surface area contributed by atoms with Crippen molar-refractivity contribution in [3.05, 3.63) is 42.2 Å². The Kier molecular flexibility index (Phi) is 4.25. The van der Waals surface area contributed by atoms with Crippen molar-refractivity contribution >= 4 is 5.91 Å². The smallest absolute Gasteiger partial charge is 0.287 e. The number of nitrogens with zero attached hydrogens (tertiary/aromatic N) is 1. The fraction of sp³-hybridized carbons (Fsp3) is 0.450. The quantitative estimate of drug-likeness (QED) is 0.929. The van der Waals surface area contributed by atoms with E-state index in [1.165, 1.54) is 12.8 Å². The minimum absolute atomic E-state index is 0.119. The van der Waals surface area contributed by atoms with E-state index in [1.54, 1.807) is 13.2 Å². The maximum atomic E-state index is 12.6. The molecule has 3 fully saturated rings. The number of furan rings is 1. The molecule has 2 aromatic rings. The molecule has 1 aromatic carbocycles. The van der Waals surface area contributed by atoms with Crippen LogP contribution in [0, 0.1) is 5.92 Å². The zero-order valence-electron chi connectivity index (χ0n) is 14.7. The molecule has 1 amide bonds. The van der Waals surface area contributed by atoms with Gasteiger partial charge in [0.15, 0.2) is 5.76 Å². The maximum Gasteiger partial charge on any atom is 0.287 e. The van der Waals surface area contributed by atoms with E-state index in [2.05, 4.69) is 17.1 Å². The van der Waals surface area contributed by atoms with Crippen molar-refractivity contribution in [3.8, 4) is 17.1 Å². The minimum Gasteiger partial charge on any atom is -0.497 e. The summed E-state index contributed by atoms with van der Waals surface area (Å²) in [6, 6.07) is 12.1. The molecule has 5 nitrogen and oxygen atoms in total. The van der Waals surface area contributed by atoms with Crippen LogP contribution in [0.1, 0.15) is 30.3 Å². The van der Waals surface area contributed by atoms with Crippen LogP contribution in [0.4, 0.5) is 0 Å². The Morgan fingerprint density at radius 2 is 2.04 bits per heavy atom. The van der Waals surface area contributed by atoms with Crippen LogP contribution in [0.25, 0.3) is 11.3 Å². The van der Waals surface area contributed by atoms with Gasteiger partial charge < -0.3 is 14.5 Å². The summed E-state index contributed by atoms with van der Waals surface area (Å²) in [5.74, 6) is 2.32. The number of piperidine rings is 3. The summed E-state index contributed by atoms with van der Waals surface area (Å²) in [7, 11) is 1.64. The van der Waals surface area contributed by atoms with Crippen LogP contribution in [0.3, 0.4) is 0 Å². The molecular formula is C20H24N2O3. The Morgan fingerprint density at radius 1 is 1.24 bits per heavy atom. The highest BCUT2D eigenvalue weighted by Gasteiger charge is 2.39. The average Bonchev–Trinajstić information content (AvgIpc) is 3.13. The molecule has 0 radical (unpaired) electrons. The van der Waals surface area contributed by atoms with Crippen LogP contribution in [0.2, 0.25) is 0 Å². The van der Waals surface area contributed by atoms with Gasteiger partial charge >= 0.3 is 0 Å². The lowest BCUT2D eigenvalue weighted by atomic mass is 9.80. The summed E-state index contributed by atoms with van der Waals surface area (Å²) in [6.07, 6.45) is 2.34. The van der Waals surface area contributed by atoms with Crippen LogP contribution >= 0.6 is 0 Å². The SMILES string of the molecule is COc1ccc(-c2ccc(C(=O)N[C@H]3CN4CCC3CC4C)o2)cc1. The van der Waals surface area contributed by atoms with Gasteiger partial charge in [0.25, 0.3) is 5.91 Å². The molecule has 5 rings (SSSR count). The van der Waals surface area contributed by atoms with Gasteiger partial charge in [-0.1, -0.05) is 0 Å². The number of rotatable bonds is 4. The third-order valence-corrected chi connectivity index (χ3v) is 5.58. The van der Waals surface area contributed by atoms with E-state index in [1.807, 2.05) is 30.3 Å². The maximum absolute atomic E-state index is 12.6. The molecule has 132 valence electrons. The lowest BCUT2D eigenvalue weighted by Gasteiger charge is -2.48. The number of carbonyl (C=O) groups is 1. The Labute approximate surface area is 148 Å². The van der Waals surface area contributed by atoms with E-state index >= 15 is 0 Å². The van der Waals surface area contributed by atoms with Gasteiger partial charge in [0.1, 0.15) is 11.5 Å². The summed E-state index contributed by atoms with van der Waals surface area (Å²) in [4.78, 5) is 15.0. The van der Waals surface area contributed by atoms with Crippen LogP contribution < -0.4 is 10.1 Å². The topological polar surface area (TPSA) is 54.7 Å². The number of hydrogen-bond donors (Lipinski definition) is 1. The van der Waals surface area contributed by atoms with Gasteiger partial charge in [0, 0.05) is 24.2 Å². The third-order valence-electron chi connectivity index (χ3n) is 5.58. The highest BCUT2D eigenvalue weighted by molar-refractivity contribution is 5.92.